The van der Waals surface area contributed by atoms with Gasteiger partial charge in [-0.05, 0) is 31.1 Å². The van der Waals surface area contributed by atoms with E-state index in [1.807, 2.05) is 31.2 Å². The number of aryl methyl sites for hydroxylation is 2. The second kappa shape index (κ2) is 11.0. The first-order chi connectivity index (χ1) is 13.1. The second-order valence-electron chi connectivity index (χ2n) is 6.37. The highest BCUT2D eigenvalue weighted by molar-refractivity contribution is 6.31. The monoisotopic (exact) mass is 392 g/mol. The molecule has 0 aliphatic heterocycles. The molecule has 6 nitrogen and oxygen atoms in total. The summed E-state index contributed by atoms with van der Waals surface area (Å²) in [4.78, 5) is 18.8. The average Bonchev–Trinajstić information content (AvgIpc) is 3.14. The molecule has 1 aromatic heterocycles. The molecule has 0 bridgehead atoms. The number of amides is 1. The van der Waals surface area contributed by atoms with E-state index in [9.17, 15) is 4.79 Å². The van der Waals surface area contributed by atoms with Crippen LogP contribution >= 0.6 is 11.6 Å². The van der Waals surface area contributed by atoms with E-state index >= 15 is 0 Å². The molecule has 0 saturated heterocycles. The van der Waals surface area contributed by atoms with Gasteiger partial charge in [-0.1, -0.05) is 55.7 Å². The van der Waals surface area contributed by atoms with E-state index in [0.29, 0.717) is 37.5 Å². The van der Waals surface area contributed by atoms with Crippen LogP contribution in [-0.2, 0) is 17.6 Å². The molecule has 0 aliphatic rings. The van der Waals surface area contributed by atoms with Gasteiger partial charge < -0.3 is 9.84 Å². The maximum Gasteiger partial charge on any atom is 0.226 e. The zero-order valence-corrected chi connectivity index (χ0v) is 17.1. The molecule has 7 heteroatoms. The van der Waals surface area contributed by atoms with Gasteiger partial charge in [-0.2, -0.15) is 4.98 Å². The van der Waals surface area contributed by atoms with Crippen LogP contribution in [0.1, 0.15) is 56.9 Å². The number of hydrogen-bond donors (Lipinski definition) is 1. The first kappa shape index (κ1) is 21.4. The average molecular weight is 393 g/mol. The van der Waals surface area contributed by atoms with Gasteiger partial charge in [-0.3, -0.25) is 9.69 Å². The summed E-state index contributed by atoms with van der Waals surface area (Å²) < 4.78 is 5.15. The maximum atomic E-state index is 12.3. The van der Waals surface area contributed by atoms with Crippen molar-refractivity contribution in [3.8, 4) is 0 Å². The van der Waals surface area contributed by atoms with E-state index in [2.05, 4.69) is 34.2 Å². The molecule has 1 unspecified atom stereocenters. The zero-order valence-electron chi connectivity index (χ0n) is 16.4. The van der Waals surface area contributed by atoms with Crippen molar-refractivity contribution < 1.29 is 9.32 Å². The summed E-state index contributed by atoms with van der Waals surface area (Å²) in [7, 11) is 0. The topological polar surface area (TPSA) is 71.3 Å². The number of carbonyl (C=O) groups is 1. The molecular weight excluding hydrogens is 364 g/mol. The predicted octanol–water partition coefficient (Wildman–Crippen LogP) is 3.81. The van der Waals surface area contributed by atoms with Gasteiger partial charge in [0.2, 0.25) is 11.8 Å². The Hall–Kier alpha value is -1.92. The molecule has 1 heterocycles. The maximum absolute atomic E-state index is 12.3. The lowest BCUT2D eigenvalue weighted by molar-refractivity contribution is -0.121. The molecule has 2 aromatic rings. The Morgan fingerprint density at radius 3 is 2.63 bits per heavy atom. The fourth-order valence-corrected chi connectivity index (χ4v) is 3.34. The molecule has 2 rings (SSSR count). The van der Waals surface area contributed by atoms with Crippen LogP contribution in [0.15, 0.2) is 28.8 Å². The molecule has 1 amide bonds. The van der Waals surface area contributed by atoms with Gasteiger partial charge in [0.05, 0.1) is 6.04 Å². The highest BCUT2D eigenvalue weighted by Gasteiger charge is 2.21. The summed E-state index contributed by atoms with van der Waals surface area (Å²) in [6, 6.07) is 7.88. The van der Waals surface area contributed by atoms with E-state index < -0.39 is 0 Å². The molecule has 0 spiro atoms. The van der Waals surface area contributed by atoms with Crippen LogP contribution in [0.5, 0.6) is 0 Å². The Labute approximate surface area is 166 Å². The summed E-state index contributed by atoms with van der Waals surface area (Å²) in [6.07, 6.45) is 2.47. The van der Waals surface area contributed by atoms with Gasteiger partial charge in [-0.15, -0.1) is 0 Å². The van der Waals surface area contributed by atoms with Crippen molar-refractivity contribution in [3.63, 3.8) is 0 Å². The van der Waals surface area contributed by atoms with Gasteiger partial charge in [-0.25, -0.2) is 0 Å². The highest BCUT2D eigenvalue weighted by atomic mass is 35.5. The largest absolute Gasteiger partial charge is 0.354 e. The van der Waals surface area contributed by atoms with Gasteiger partial charge in [0.25, 0.3) is 0 Å². The van der Waals surface area contributed by atoms with Crippen LogP contribution in [0.3, 0.4) is 0 Å². The normalized spacial score (nSPS) is 12.3. The number of hydrogen-bond acceptors (Lipinski definition) is 5. The van der Waals surface area contributed by atoms with Gasteiger partial charge >= 0.3 is 0 Å². The van der Waals surface area contributed by atoms with Crippen LogP contribution < -0.4 is 5.32 Å². The number of likely N-dealkylation sites (N-methyl/N-ethyl adjacent to an activating group) is 1. The number of nitrogens with zero attached hydrogens (tertiary/aromatic N) is 3. The van der Waals surface area contributed by atoms with Crippen LogP contribution in [0.2, 0.25) is 5.02 Å². The molecule has 1 N–H and O–H groups in total. The Bertz CT molecular complexity index is 716. The Morgan fingerprint density at radius 1 is 1.26 bits per heavy atom. The Balaban J connectivity index is 1.88. The lowest BCUT2D eigenvalue weighted by atomic mass is 10.0. The predicted molar refractivity (Wildman–Crippen MR) is 107 cm³/mol. The number of rotatable bonds is 11. The minimum absolute atomic E-state index is 0.0226. The second-order valence-corrected chi connectivity index (χ2v) is 6.78. The van der Waals surface area contributed by atoms with Crippen molar-refractivity contribution in [1.82, 2.24) is 20.4 Å². The Morgan fingerprint density at radius 2 is 2.00 bits per heavy atom. The lowest BCUT2D eigenvalue weighted by Gasteiger charge is -2.31. The summed E-state index contributed by atoms with van der Waals surface area (Å²) >= 11 is 6.40. The number of nitrogens with one attached hydrogen (secondary N) is 1. The Kier molecular flexibility index (Phi) is 8.75. The summed E-state index contributed by atoms with van der Waals surface area (Å²) in [6.45, 7) is 8.52. The number of carbonyl (C=O) groups excluding carboxylic acids is 1. The molecule has 1 aromatic carbocycles. The van der Waals surface area contributed by atoms with Crippen LogP contribution in [0, 0.1) is 0 Å². The SMILES string of the molecule is CCc1noc(CCCC(=O)NCC(c2ccccc2Cl)N(CC)CC)n1. The van der Waals surface area contributed by atoms with Gasteiger partial charge in [0.1, 0.15) is 0 Å². The molecular formula is C20H29ClN4O2. The van der Waals surface area contributed by atoms with E-state index in [-0.39, 0.29) is 11.9 Å². The number of aromatic nitrogens is 2. The van der Waals surface area contributed by atoms with E-state index in [4.69, 9.17) is 16.1 Å². The van der Waals surface area contributed by atoms with Crippen molar-refractivity contribution >= 4 is 17.5 Å². The highest BCUT2D eigenvalue weighted by Crippen LogP contribution is 2.27. The zero-order chi connectivity index (χ0) is 19.6. The van der Waals surface area contributed by atoms with Crippen LogP contribution in [0.25, 0.3) is 0 Å². The summed E-state index contributed by atoms with van der Waals surface area (Å²) in [5, 5.41) is 7.65. The molecule has 148 valence electrons. The van der Waals surface area contributed by atoms with E-state index in [0.717, 1.165) is 30.1 Å². The third-order valence-corrected chi connectivity index (χ3v) is 4.98. The third-order valence-electron chi connectivity index (χ3n) is 4.63. The van der Waals surface area contributed by atoms with Crippen molar-refractivity contribution in [2.24, 2.45) is 0 Å². The summed E-state index contributed by atoms with van der Waals surface area (Å²) in [5.74, 6) is 1.32. The van der Waals surface area contributed by atoms with E-state index in [1.165, 1.54) is 0 Å². The smallest absolute Gasteiger partial charge is 0.226 e. The first-order valence-corrected chi connectivity index (χ1v) is 10.0. The molecule has 27 heavy (non-hydrogen) atoms. The minimum Gasteiger partial charge on any atom is -0.354 e. The van der Waals surface area contributed by atoms with Crippen molar-refractivity contribution in [1.29, 1.82) is 0 Å². The van der Waals surface area contributed by atoms with Gasteiger partial charge in [0, 0.05) is 30.8 Å². The fraction of sp³-hybridized carbons (Fsp3) is 0.550. The minimum atomic E-state index is 0.0226. The van der Waals surface area contributed by atoms with E-state index in [1.54, 1.807) is 0 Å². The lowest BCUT2D eigenvalue weighted by Crippen LogP contribution is -2.38. The molecule has 0 aliphatic carbocycles. The molecule has 0 saturated carbocycles. The third kappa shape index (κ3) is 6.33. The number of benzene rings is 1. The van der Waals surface area contributed by atoms with Crippen LogP contribution in [-0.4, -0.2) is 40.6 Å². The quantitative estimate of drug-likeness (QED) is 0.629. The number of halogens is 1. The van der Waals surface area contributed by atoms with Gasteiger partial charge in [0.15, 0.2) is 5.82 Å². The van der Waals surface area contributed by atoms with Crippen molar-refractivity contribution in [2.75, 3.05) is 19.6 Å². The van der Waals surface area contributed by atoms with Crippen molar-refractivity contribution in [2.45, 2.75) is 52.5 Å². The standard InChI is InChI=1S/C20H29ClN4O2/c1-4-18-23-20(27-24-18)13-9-12-19(26)22-14-17(25(5-2)6-3)15-10-7-8-11-16(15)21/h7-8,10-11,17H,4-6,9,12-14H2,1-3H3,(H,22,26). The fourth-order valence-electron chi connectivity index (χ4n) is 3.08. The molecule has 1 atom stereocenters. The first-order valence-electron chi connectivity index (χ1n) is 9.65. The molecule has 0 radical (unpaired) electrons. The molecule has 0 fully saturated rings. The van der Waals surface area contributed by atoms with Crippen LogP contribution in [0.4, 0.5) is 0 Å². The summed E-state index contributed by atoms with van der Waals surface area (Å²) in [5.41, 5.74) is 1.04. The van der Waals surface area contributed by atoms with Crippen molar-refractivity contribution in [3.05, 3.63) is 46.6 Å².